The summed E-state index contributed by atoms with van der Waals surface area (Å²) in [4.78, 5) is 0. The summed E-state index contributed by atoms with van der Waals surface area (Å²) in [5.74, 6) is 1.04. The third kappa shape index (κ3) is 1.78. The molecule has 4 heteroatoms. The lowest BCUT2D eigenvalue weighted by atomic mass is 9.73. The number of nitrogens with one attached hydrogen (secondary N) is 1. The van der Waals surface area contributed by atoms with Crippen molar-refractivity contribution >= 4 is 0 Å². The van der Waals surface area contributed by atoms with E-state index >= 15 is 0 Å². The van der Waals surface area contributed by atoms with E-state index in [9.17, 15) is 0 Å². The number of benzene rings is 1. The zero-order valence-corrected chi connectivity index (χ0v) is 11.0. The Balaban J connectivity index is 1.68. The summed E-state index contributed by atoms with van der Waals surface area (Å²) in [5.41, 5.74) is 2.70. The predicted molar refractivity (Wildman–Crippen MR) is 70.7 cm³/mol. The van der Waals surface area contributed by atoms with Crippen LogP contribution in [0.5, 0.6) is 5.75 Å². The molecule has 2 fully saturated rings. The van der Waals surface area contributed by atoms with Gasteiger partial charge in [0.2, 0.25) is 0 Å². The highest BCUT2D eigenvalue weighted by Gasteiger charge is 2.48. The van der Waals surface area contributed by atoms with Gasteiger partial charge in [0.15, 0.2) is 0 Å². The van der Waals surface area contributed by atoms with Crippen LogP contribution in [-0.4, -0.2) is 45.6 Å². The number of hydrogen-bond donors (Lipinski definition) is 1. The van der Waals surface area contributed by atoms with Crippen molar-refractivity contribution in [2.45, 2.75) is 17.9 Å². The van der Waals surface area contributed by atoms with Gasteiger partial charge in [-0.1, -0.05) is 12.1 Å². The molecular formula is C15H19NO3. The fraction of sp³-hybridized carbons (Fsp3) is 0.600. The third-order valence-electron chi connectivity index (χ3n) is 4.53. The molecule has 3 aliphatic rings. The number of morpholine rings is 1. The minimum atomic E-state index is 0.0328. The molecule has 4 nitrogen and oxygen atoms in total. The molecule has 2 saturated heterocycles. The van der Waals surface area contributed by atoms with Gasteiger partial charge in [0.25, 0.3) is 0 Å². The first-order valence-corrected chi connectivity index (χ1v) is 7.05. The molecule has 1 N–H and O–H groups in total. The molecule has 0 spiro atoms. The maximum Gasteiger partial charge on any atom is 0.122 e. The molecule has 102 valence electrons. The third-order valence-corrected chi connectivity index (χ3v) is 4.53. The molecule has 1 atom stereocenters. The second kappa shape index (κ2) is 4.47. The average molecular weight is 261 g/mol. The molecule has 0 amide bonds. The van der Waals surface area contributed by atoms with Gasteiger partial charge >= 0.3 is 0 Å². The largest absolute Gasteiger partial charge is 0.493 e. The molecule has 3 heterocycles. The van der Waals surface area contributed by atoms with Crippen molar-refractivity contribution in [3.8, 4) is 5.75 Å². The van der Waals surface area contributed by atoms with Gasteiger partial charge in [0.05, 0.1) is 37.9 Å². The molecule has 0 aromatic heterocycles. The van der Waals surface area contributed by atoms with E-state index in [0.29, 0.717) is 0 Å². The van der Waals surface area contributed by atoms with Crippen LogP contribution in [0.3, 0.4) is 0 Å². The Kier molecular flexibility index (Phi) is 2.76. The Morgan fingerprint density at radius 2 is 2.16 bits per heavy atom. The van der Waals surface area contributed by atoms with E-state index in [1.165, 1.54) is 11.1 Å². The molecule has 1 aromatic rings. The summed E-state index contributed by atoms with van der Waals surface area (Å²) in [7, 11) is 0. The van der Waals surface area contributed by atoms with Gasteiger partial charge in [-0.15, -0.1) is 0 Å². The molecule has 0 aliphatic carbocycles. The summed E-state index contributed by atoms with van der Waals surface area (Å²) >= 11 is 0. The van der Waals surface area contributed by atoms with Crippen LogP contribution in [0, 0.1) is 0 Å². The molecule has 4 rings (SSSR count). The first kappa shape index (κ1) is 11.7. The Morgan fingerprint density at radius 3 is 2.89 bits per heavy atom. The van der Waals surface area contributed by atoms with Gasteiger partial charge < -0.3 is 19.5 Å². The molecule has 19 heavy (non-hydrogen) atoms. The van der Waals surface area contributed by atoms with Crippen molar-refractivity contribution in [2.24, 2.45) is 0 Å². The zero-order chi connectivity index (χ0) is 12.7. The van der Waals surface area contributed by atoms with Gasteiger partial charge in [-0.3, -0.25) is 0 Å². The van der Waals surface area contributed by atoms with Crippen molar-refractivity contribution in [3.63, 3.8) is 0 Å². The smallest absolute Gasteiger partial charge is 0.122 e. The van der Waals surface area contributed by atoms with Crippen molar-refractivity contribution in [2.75, 3.05) is 39.5 Å². The number of ether oxygens (including phenoxy) is 3. The maximum atomic E-state index is 5.99. The van der Waals surface area contributed by atoms with Crippen LogP contribution in [-0.2, 0) is 21.3 Å². The minimum Gasteiger partial charge on any atom is -0.493 e. The van der Waals surface area contributed by atoms with Crippen molar-refractivity contribution in [1.82, 2.24) is 5.32 Å². The average Bonchev–Trinajstić information content (AvgIpc) is 2.86. The number of hydrogen-bond acceptors (Lipinski definition) is 4. The van der Waals surface area contributed by atoms with Gasteiger partial charge in [0, 0.05) is 19.5 Å². The van der Waals surface area contributed by atoms with Crippen LogP contribution in [0.4, 0.5) is 0 Å². The molecule has 1 unspecified atom stereocenters. The molecule has 0 bridgehead atoms. The Morgan fingerprint density at radius 1 is 1.21 bits per heavy atom. The van der Waals surface area contributed by atoms with Gasteiger partial charge in [-0.05, 0) is 17.2 Å². The van der Waals surface area contributed by atoms with Crippen LogP contribution >= 0.6 is 0 Å². The van der Waals surface area contributed by atoms with Gasteiger partial charge in [-0.25, -0.2) is 0 Å². The topological polar surface area (TPSA) is 39.7 Å². The van der Waals surface area contributed by atoms with Crippen molar-refractivity contribution in [3.05, 3.63) is 29.3 Å². The number of rotatable bonds is 2. The fourth-order valence-electron chi connectivity index (χ4n) is 3.28. The summed E-state index contributed by atoms with van der Waals surface area (Å²) in [6, 6.07) is 6.58. The standard InChI is InChI=1S/C15H19NO3/c1-2-13-11(3-5-18-13)7-12(1)15(9-17-10-15)14-8-16-4-6-19-14/h1-2,7,14,16H,3-6,8-10H2. The van der Waals surface area contributed by atoms with E-state index in [-0.39, 0.29) is 11.5 Å². The zero-order valence-electron chi connectivity index (χ0n) is 11.0. The van der Waals surface area contributed by atoms with E-state index in [1.54, 1.807) is 0 Å². The van der Waals surface area contributed by atoms with Gasteiger partial charge in [0.1, 0.15) is 5.75 Å². The Hall–Kier alpha value is -1.10. The highest BCUT2D eigenvalue weighted by atomic mass is 16.5. The second-order valence-electron chi connectivity index (χ2n) is 5.63. The Labute approximate surface area is 113 Å². The molecule has 1 aromatic carbocycles. The van der Waals surface area contributed by atoms with E-state index in [1.807, 2.05) is 0 Å². The number of fused-ring (bicyclic) bond motifs is 1. The predicted octanol–water partition coefficient (Wildman–Crippen LogP) is 0.878. The van der Waals surface area contributed by atoms with Crippen molar-refractivity contribution < 1.29 is 14.2 Å². The molecular weight excluding hydrogens is 242 g/mol. The lowest BCUT2D eigenvalue weighted by Crippen LogP contribution is -2.61. The summed E-state index contributed by atoms with van der Waals surface area (Å²) in [6.07, 6.45) is 1.24. The van der Waals surface area contributed by atoms with Crippen LogP contribution in [0.1, 0.15) is 11.1 Å². The van der Waals surface area contributed by atoms with Crippen LogP contribution in [0.15, 0.2) is 18.2 Å². The highest BCUT2D eigenvalue weighted by Crippen LogP contribution is 2.40. The Bertz CT molecular complexity index is 478. The minimum absolute atomic E-state index is 0.0328. The van der Waals surface area contributed by atoms with Crippen LogP contribution < -0.4 is 10.1 Å². The SMILES string of the molecule is c1cc2c(cc1C1(C3CNCCO3)COC1)CCO2. The lowest BCUT2D eigenvalue weighted by Gasteiger charge is -2.48. The molecule has 0 radical (unpaired) electrons. The monoisotopic (exact) mass is 261 g/mol. The molecule has 0 saturated carbocycles. The first-order chi connectivity index (χ1) is 9.38. The van der Waals surface area contributed by atoms with Crippen molar-refractivity contribution in [1.29, 1.82) is 0 Å². The molecule has 3 aliphatic heterocycles. The van der Waals surface area contributed by atoms with E-state index in [0.717, 1.165) is 51.7 Å². The van der Waals surface area contributed by atoms with E-state index in [4.69, 9.17) is 14.2 Å². The quantitative estimate of drug-likeness (QED) is 0.858. The van der Waals surface area contributed by atoms with Crippen LogP contribution in [0.2, 0.25) is 0 Å². The second-order valence-corrected chi connectivity index (χ2v) is 5.63. The summed E-state index contributed by atoms with van der Waals surface area (Å²) in [6.45, 7) is 4.99. The first-order valence-electron chi connectivity index (χ1n) is 7.05. The lowest BCUT2D eigenvalue weighted by molar-refractivity contribution is -0.146. The normalized spacial score (nSPS) is 28.3. The summed E-state index contributed by atoms with van der Waals surface area (Å²) in [5, 5.41) is 3.43. The van der Waals surface area contributed by atoms with E-state index < -0.39 is 0 Å². The van der Waals surface area contributed by atoms with E-state index in [2.05, 4.69) is 23.5 Å². The summed E-state index contributed by atoms with van der Waals surface area (Å²) < 4.78 is 17.1. The fourth-order valence-corrected chi connectivity index (χ4v) is 3.28. The maximum absolute atomic E-state index is 5.99. The highest BCUT2D eigenvalue weighted by molar-refractivity contribution is 5.44. The van der Waals surface area contributed by atoms with Gasteiger partial charge in [-0.2, -0.15) is 0 Å². The van der Waals surface area contributed by atoms with Crippen LogP contribution in [0.25, 0.3) is 0 Å².